The van der Waals surface area contributed by atoms with Crippen molar-refractivity contribution in [2.45, 2.75) is 291 Å². The molecule has 0 aromatic carbocycles. The molecule has 6 heteroatoms. The van der Waals surface area contributed by atoms with Crippen LogP contribution in [0.25, 0.3) is 0 Å². The van der Waals surface area contributed by atoms with Crippen LogP contribution in [0.5, 0.6) is 0 Å². The number of rotatable bonds is 46. The third kappa shape index (κ3) is 45.5. The standard InChI is InChI=1S/C52H100O6/c1-6-7-8-9-10-11-12-13-14-15-18-21-27-32-37-42-50(53)56-45-49(58-52(55)44-39-34-29-24-23-26-31-36-41-48(4)5)46-57-51(54)43-38-33-28-22-19-16-17-20-25-30-35-40-47(2)3/h47-49H,6-46H2,1-5H3/t49-/m0/s1. The normalized spacial score (nSPS) is 12.1. The van der Waals surface area contributed by atoms with Gasteiger partial charge >= 0.3 is 17.9 Å². The Labute approximate surface area is 361 Å². The third-order valence-electron chi connectivity index (χ3n) is 11.7. The van der Waals surface area contributed by atoms with Crippen molar-refractivity contribution in [2.24, 2.45) is 11.8 Å². The van der Waals surface area contributed by atoms with Crippen LogP contribution < -0.4 is 0 Å². The molecule has 0 unspecified atom stereocenters. The number of hydrogen-bond donors (Lipinski definition) is 0. The SMILES string of the molecule is CCCCCCCCCCCCCCCCCC(=O)OC[C@@H](COC(=O)CCCCCCCCCCCCCC(C)C)OC(=O)CCCCCCCCCCC(C)C. The van der Waals surface area contributed by atoms with E-state index in [9.17, 15) is 14.4 Å². The second-order valence-corrected chi connectivity index (χ2v) is 18.8. The van der Waals surface area contributed by atoms with E-state index >= 15 is 0 Å². The minimum absolute atomic E-state index is 0.0641. The van der Waals surface area contributed by atoms with Gasteiger partial charge in [0.1, 0.15) is 13.2 Å². The third-order valence-corrected chi connectivity index (χ3v) is 11.7. The Kier molecular flexibility index (Phi) is 43.7. The molecule has 0 bridgehead atoms. The summed E-state index contributed by atoms with van der Waals surface area (Å²) in [4.78, 5) is 37.9. The molecule has 0 N–H and O–H groups in total. The Morgan fingerprint density at radius 3 is 0.845 bits per heavy atom. The fourth-order valence-corrected chi connectivity index (χ4v) is 7.81. The lowest BCUT2D eigenvalue weighted by molar-refractivity contribution is -0.167. The highest BCUT2D eigenvalue weighted by Gasteiger charge is 2.19. The van der Waals surface area contributed by atoms with Gasteiger partial charge in [0.25, 0.3) is 0 Å². The van der Waals surface area contributed by atoms with E-state index in [-0.39, 0.29) is 31.1 Å². The number of unbranched alkanes of at least 4 members (excludes halogenated alkanes) is 31. The molecule has 0 spiro atoms. The summed E-state index contributed by atoms with van der Waals surface area (Å²) in [6, 6.07) is 0. The number of carbonyl (C=O) groups excluding carboxylic acids is 3. The average Bonchev–Trinajstić information content (AvgIpc) is 3.19. The van der Waals surface area contributed by atoms with Crippen LogP contribution in [0.4, 0.5) is 0 Å². The summed E-state index contributed by atoms with van der Waals surface area (Å²) in [7, 11) is 0. The van der Waals surface area contributed by atoms with Gasteiger partial charge in [-0.1, -0.05) is 247 Å². The van der Waals surface area contributed by atoms with Crippen molar-refractivity contribution in [3.05, 3.63) is 0 Å². The highest BCUT2D eigenvalue weighted by atomic mass is 16.6. The topological polar surface area (TPSA) is 78.9 Å². The molecule has 0 saturated carbocycles. The van der Waals surface area contributed by atoms with Gasteiger partial charge in [-0.25, -0.2) is 0 Å². The molecular weight excluding hydrogens is 721 g/mol. The summed E-state index contributed by atoms with van der Waals surface area (Å²) in [6.07, 6.45) is 45.2. The van der Waals surface area contributed by atoms with Crippen molar-refractivity contribution in [2.75, 3.05) is 13.2 Å². The van der Waals surface area contributed by atoms with E-state index in [1.165, 1.54) is 173 Å². The van der Waals surface area contributed by atoms with Gasteiger partial charge in [0, 0.05) is 19.3 Å². The minimum atomic E-state index is -0.762. The first kappa shape index (κ1) is 56.4. The zero-order valence-corrected chi connectivity index (χ0v) is 39.7. The van der Waals surface area contributed by atoms with E-state index in [1.807, 2.05) is 0 Å². The maximum absolute atomic E-state index is 12.7. The molecule has 0 aromatic heterocycles. The van der Waals surface area contributed by atoms with Crippen molar-refractivity contribution < 1.29 is 28.6 Å². The van der Waals surface area contributed by atoms with Crippen molar-refractivity contribution in [3.63, 3.8) is 0 Å². The summed E-state index contributed by atoms with van der Waals surface area (Å²) in [5.41, 5.74) is 0. The van der Waals surface area contributed by atoms with E-state index in [2.05, 4.69) is 34.6 Å². The van der Waals surface area contributed by atoms with Gasteiger partial charge in [0.05, 0.1) is 0 Å². The number of hydrogen-bond acceptors (Lipinski definition) is 6. The Hall–Kier alpha value is -1.59. The maximum Gasteiger partial charge on any atom is 0.306 e. The Bertz CT molecular complexity index is 885. The highest BCUT2D eigenvalue weighted by molar-refractivity contribution is 5.71. The van der Waals surface area contributed by atoms with E-state index in [4.69, 9.17) is 14.2 Å². The monoisotopic (exact) mass is 821 g/mol. The van der Waals surface area contributed by atoms with Gasteiger partial charge in [0.15, 0.2) is 6.10 Å². The first-order chi connectivity index (χ1) is 28.2. The predicted molar refractivity (Wildman–Crippen MR) is 247 cm³/mol. The van der Waals surface area contributed by atoms with Crippen LogP contribution in [0.2, 0.25) is 0 Å². The van der Waals surface area contributed by atoms with Crippen LogP contribution >= 0.6 is 0 Å². The minimum Gasteiger partial charge on any atom is -0.462 e. The molecule has 6 nitrogen and oxygen atoms in total. The molecular formula is C52H100O6. The molecule has 0 aliphatic heterocycles. The lowest BCUT2D eigenvalue weighted by atomic mass is 10.0. The molecule has 0 aromatic rings. The van der Waals surface area contributed by atoms with E-state index in [1.54, 1.807) is 0 Å². The van der Waals surface area contributed by atoms with E-state index in [0.29, 0.717) is 19.3 Å². The van der Waals surface area contributed by atoms with Crippen LogP contribution in [0.15, 0.2) is 0 Å². The van der Waals surface area contributed by atoms with Crippen LogP contribution in [0, 0.1) is 11.8 Å². The van der Waals surface area contributed by atoms with Gasteiger partial charge in [0.2, 0.25) is 0 Å². The summed E-state index contributed by atoms with van der Waals surface area (Å²) < 4.78 is 16.8. The van der Waals surface area contributed by atoms with Crippen molar-refractivity contribution >= 4 is 17.9 Å². The van der Waals surface area contributed by atoms with Gasteiger partial charge in [-0.05, 0) is 31.1 Å². The fraction of sp³-hybridized carbons (Fsp3) is 0.942. The zero-order valence-electron chi connectivity index (χ0n) is 39.7. The second kappa shape index (κ2) is 44.9. The van der Waals surface area contributed by atoms with Crippen LogP contribution in [-0.2, 0) is 28.6 Å². The van der Waals surface area contributed by atoms with Gasteiger partial charge in [-0.2, -0.15) is 0 Å². The molecule has 0 radical (unpaired) electrons. The Morgan fingerprint density at radius 1 is 0.328 bits per heavy atom. The van der Waals surface area contributed by atoms with Crippen LogP contribution in [0.1, 0.15) is 285 Å². The largest absolute Gasteiger partial charge is 0.462 e. The van der Waals surface area contributed by atoms with E-state index < -0.39 is 6.10 Å². The number of esters is 3. The molecule has 0 rings (SSSR count). The van der Waals surface area contributed by atoms with Crippen LogP contribution in [-0.4, -0.2) is 37.2 Å². The Balaban J connectivity index is 4.30. The van der Waals surface area contributed by atoms with Crippen molar-refractivity contribution in [1.29, 1.82) is 0 Å². The lowest BCUT2D eigenvalue weighted by Gasteiger charge is -2.18. The number of ether oxygens (including phenoxy) is 3. The molecule has 0 aliphatic carbocycles. The summed E-state index contributed by atoms with van der Waals surface area (Å²) >= 11 is 0. The van der Waals surface area contributed by atoms with Crippen molar-refractivity contribution in [3.8, 4) is 0 Å². The lowest BCUT2D eigenvalue weighted by Crippen LogP contribution is -2.30. The summed E-state index contributed by atoms with van der Waals surface area (Å²) in [5, 5.41) is 0. The summed E-state index contributed by atoms with van der Waals surface area (Å²) in [6.45, 7) is 11.3. The van der Waals surface area contributed by atoms with Gasteiger partial charge in [-0.3, -0.25) is 14.4 Å². The fourth-order valence-electron chi connectivity index (χ4n) is 7.81. The smallest absolute Gasteiger partial charge is 0.306 e. The van der Waals surface area contributed by atoms with Gasteiger partial charge < -0.3 is 14.2 Å². The first-order valence-electron chi connectivity index (χ1n) is 25.7. The number of carbonyl (C=O) groups is 3. The van der Waals surface area contributed by atoms with Crippen LogP contribution in [0.3, 0.4) is 0 Å². The maximum atomic E-state index is 12.7. The van der Waals surface area contributed by atoms with Gasteiger partial charge in [-0.15, -0.1) is 0 Å². The molecule has 0 fully saturated rings. The quantitative estimate of drug-likeness (QED) is 0.0346. The highest BCUT2D eigenvalue weighted by Crippen LogP contribution is 2.17. The predicted octanol–water partition coefficient (Wildman–Crippen LogP) is 16.5. The first-order valence-corrected chi connectivity index (χ1v) is 25.7. The second-order valence-electron chi connectivity index (χ2n) is 18.8. The molecule has 1 atom stereocenters. The molecule has 0 heterocycles. The molecule has 344 valence electrons. The molecule has 0 saturated heterocycles. The average molecular weight is 821 g/mol. The Morgan fingerprint density at radius 2 is 0.569 bits per heavy atom. The molecule has 0 amide bonds. The molecule has 0 aliphatic rings. The van der Waals surface area contributed by atoms with Crippen molar-refractivity contribution in [1.82, 2.24) is 0 Å². The summed E-state index contributed by atoms with van der Waals surface area (Å²) in [5.74, 6) is 0.770. The zero-order chi connectivity index (χ0) is 42.6. The molecule has 58 heavy (non-hydrogen) atoms. The van der Waals surface area contributed by atoms with E-state index in [0.717, 1.165) is 69.6 Å².